The molecule has 1 fully saturated rings. The number of carbonyl (C=O) groups is 1. The monoisotopic (exact) mass is 287 g/mol. The van der Waals surface area contributed by atoms with E-state index in [4.69, 9.17) is 14.2 Å². The van der Waals surface area contributed by atoms with Gasteiger partial charge in [0.05, 0.1) is 32.0 Å². The van der Waals surface area contributed by atoms with Gasteiger partial charge >= 0.3 is 5.97 Å². The van der Waals surface area contributed by atoms with E-state index in [-0.39, 0.29) is 18.2 Å². The largest absolute Gasteiger partial charge is 0.465 e. The number of rotatable bonds is 8. The van der Waals surface area contributed by atoms with E-state index in [9.17, 15) is 4.79 Å². The first-order valence-electron chi connectivity index (χ1n) is 7.63. The summed E-state index contributed by atoms with van der Waals surface area (Å²) < 4.78 is 16.5. The third kappa shape index (κ3) is 5.04. The molecule has 0 aliphatic heterocycles. The van der Waals surface area contributed by atoms with Gasteiger partial charge in [-0.05, 0) is 47.1 Å². The molecule has 5 nitrogen and oxygen atoms in total. The summed E-state index contributed by atoms with van der Waals surface area (Å²) in [6.45, 7) is 7.43. The summed E-state index contributed by atoms with van der Waals surface area (Å²) >= 11 is 0. The molecule has 0 aromatic heterocycles. The molecule has 1 aliphatic rings. The fourth-order valence-electron chi connectivity index (χ4n) is 2.65. The Morgan fingerprint density at radius 1 is 1.40 bits per heavy atom. The van der Waals surface area contributed by atoms with Gasteiger partial charge in [0.15, 0.2) is 0 Å². The van der Waals surface area contributed by atoms with Crippen molar-refractivity contribution in [2.24, 2.45) is 0 Å². The fourth-order valence-corrected chi connectivity index (χ4v) is 2.65. The molecule has 0 saturated heterocycles. The smallest absolute Gasteiger partial charge is 0.326 e. The highest BCUT2D eigenvalue weighted by Gasteiger charge is 2.43. The zero-order valence-electron chi connectivity index (χ0n) is 13.2. The van der Waals surface area contributed by atoms with Gasteiger partial charge in [-0.1, -0.05) is 0 Å². The summed E-state index contributed by atoms with van der Waals surface area (Å²) in [6, 6.07) is 0. The Morgan fingerprint density at radius 3 is 2.75 bits per heavy atom. The Bertz CT molecular complexity index is 296. The molecule has 0 radical (unpaired) electrons. The van der Waals surface area contributed by atoms with Gasteiger partial charge in [-0.3, -0.25) is 4.79 Å². The summed E-state index contributed by atoms with van der Waals surface area (Å²) in [7, 11) is 1.82. The molecular weight excluding hydrogens is 258 g/mol. The van der Waals surface area contributed by atoms with Crippen LogP contribution in [0.25, 0.3) is 0 Å². The zero-order chi connectivity index (χ0) is 15.0. The highest BCUT2D eigenvalue weighted by atomic mass is 16.5. The van der Waals surface area contributed by atoms with E-state index in [2.05, 4.69) is 5.32 Å². The van der Waals surface area contributed by atoms with E-state index in [0.717, 1.165) is 19.3 Å². The van der Waals surface area contributed by atoms with Crippen LogP contribution in [0.2, 0.25) is 0 Å². The summed E-state index contributed by atoms with van der Waals surface area (Å²) in [5.41, 5.74) is -0.585. The topological polar surface area (TPSA) is 56.8 Å². The standard InChI is InChI=1S/C15H29NO4/c1-5-18-14(17)15(16-4)8-6-7-13(11-15)20-10-9-19-12(2)3/h12-13,16H,5-11H2,1-4H3. The SMILES string of the molecule is CCOC(=O)C1(NC)CCCC(OCCOC(C)C)C1. The quantitative estimate of drug-likeness (QED) is 0.546. The minimum Gasteiger partial charge on any atom is -0.465 e. The van der Waals surface area contributed by atoms with Gasteiger partial charge in [0.25, 0.3) is 0 Å². The van der Waals surface area contributed by atoms with E-state index < -0.39 is 5.54 Å². The number of likely N-dealkylation sites (N-methyl/N-ethyl adjacent to an activating group) is 1. The summed E-state index contributed by atoms with van der Waals surface area (Å²) in [5.74, 6) is -0.158. The maximum absolute atomic E-state index is 12.2. The molecule has 1 N–H and O–H groups in total. The van der Waals surface area contributed by atoms with E-state index in [1.807, 2.05) is 27.8 Å². The zero-order valence-corrected chi connectivity index (χ0v) is 13.2. The highest BCUT2D eigenvalue weighted by Crippen LogP contribution is 2.31. The summed E-state index contributed by atoms with van der Waals surface area (Å²) in [5, 5.41) is 3.15. The molecule has 5 heteroatoms. The minimum atomic E-state index is -0.585. The maximum Gasteiger partial charge on any atom is 0.326 e. The molecule has 0 heterocycles. The number of ether oxygens (including phenoxy) is 3. The lowest BCUT2D eigenvalue weighted by Gasteiger charge is -2.38. The van der Waals surface area contributed by atoms with E-state index in [1.54, 1.807) is 0 Å². The molecule has 0 bridgehead atoms. The number of carbonyl (C=O) groups excluding carboxylic acids is 1. The molecule has 1 rings (SSSR count). The number of hydrogen-bond donors (Lipinski definition) is 1. The third-order valence-electron chi connectivity index (χ3n) is 3.74. The molecule has 2 unspecified atom stereocenters. The predicted octanol–water partition coefficient (Wildman–Crippen LogP) is 1.89. The summed E-state index contributed by atoms with van der Waals surface area (Å²) in [6.07, 6.45) is 3.76. The van der Waals surface area contributed by atoms with E-state index >= 15 is 0 Å². The van der Waals surface area contributed by atoms with Gasteiger partial charge in [0.1, 0.15) is 5.54 Å². The van der Waals surface area contributed by atoms with Crippen LogP contribution in [0.15, 0.2) is 0 Å². The van der Waals surface area contributed by atoms with Crippen LogP contribution in [-0.4, -0.2) is 50.6 Å². The maximum atomic E-state index is 12.2. The molecular formula is C15H29NO4. The van der Waals surface area contributed by atoms with Gasteiger partial charge < -0.3 is 19.5 Å². The van der Waals surface area contributed by atoms with Gasteiger partial charge in [0.2, 0.25) is 0 Å². The van der Waals surface area contributed by atoms with Crippen LogP contribution in [0.1, 0.15) is 46.5 Å². The summed E-state index contributed by atoms with van der Waals surface area (Å²) in [4.78, 5) is 12.2. The first kappa shape index (κ1) is 17.4. The predicted molar refractivity (Wildman–Crippen MR) is 77.7 cm³/mol. The van der Waals surface area contributed by atoms with Gasteiger partial charge in [-0.2, -0.15) is 0 Å². The van der Waals surface area contributed by atoms with Crippen molar-refractivity contribution in [3.8, 4) is 0 Å². The van der Waals surface area contributed by atoms with Crippen molar-refractivity contribution in [3.05, 3.63) is 0 Å². The molecule has 0 aromatic rings. The van der Waals surface area contributed by atoms with Crippen molar-refractivity contribution < 1.29 is 19.0 Å². The molecule has 1 aliphatic carbocycles. The van der Waals surface area contributed by atoms with Crippen LogP contribution in [0.4, 0.5) is 0 Å². The number of esters is 1. The fraction of sp³-hybridized carbons (Fsp3) is 0.933. The average molecular weight is 287 g/mol. The second kappa shape index (κ2) is 8.60. The van der Waals surface area contributed by atoms with Gasteiger partial charge in [0, 0.05) is 6.42 Å². The second-order valence-electron chi connectivity index (χ2n) is 5.56. The first-order chi connectivity index (χ1) is 9.54. The van der Waals surface area contributed by atoms with E-state index in [1.165, 1.54) is 0 Å². The Labute approximate surface area is 122 Å². The van der Waals surface area contributed by atoms with E-state index in [0.29, 0.717) is 26.2 Å². The van der Waals surface area contributed by atoms with Crippen LogP contribution >= 0.6 is 0 Å². The normalized spacial score (nSPS) is 26.8. The van der Waals surface area contributed by atoms with Crippen LogP contribution in [0.5, 0.6) is 0 Å². The second-order valence-corrected chi connectivity index (χ2v) is 5.56. The molecule has 0 amide bonds. The minimum absolute atomic E-state index is 0.0939. The Kier molecular flexibility index (Phi) is 7.48. The van der Waals surface area contributed by atoms with Crippen molar-refractivity contribution in [1.29, 1.82) is 0 Å². The molecule has 118 valence electrons. The van der Waals surface area contributed by atoms with Crippen molar-refractivity contribution in [1.82, 2.24) is 5.32 Å². The lowest BCUT2D eigenvalue weighted by Crippen LogP contribution is -2.55. The Morgan fingerprint density at radius 2 is 2.15 bits per heavy atom. The van der Waals surface area contributed by atoms with Gasteiger partial charge in [-0.15, -0.1) is 0 Å². The lowest BCUT2D eigenvalue weighted by molar-refractivity contribution is -0.155. The van der Waals surface area contributed by atoms with Crippen LogP contribution in [-0.2, 0) is 19.0 Å². The number of hydrogen-bond acceptors (Lipinski definition) is 5. The molecule has 2 atom stereocenters. The van der Waals surface area contributed by atoms with Gasteiger partial charge in [-0.25, -0.2) is 0 Å². The van der Waals surface area contributed by atoms with Crippen molar-refractivity contribution in [2.45, 2.75) is 64.2 Å². The molecule has 0 spiro atoms. The number of nitrogens with one attached hydrogen (secondary N) is 1. The average Bonchev–Trinajstić information content (AvgIpc) is 2.44. The van der Waals surface area contributed by atoms with Crippen molar-refractivity contribution >= 4 is 5.97 Å². The lowest BCUT2D eigenvalue weighted by atomic mass is 9.80. The highest BCUT2D eigenvalue weighted by molar-refractivity contribution is 5.81. The first-order valence-corrected chi connectivity index (χ1v) is 7.63. The van der Waals surface area contributed by atoms with Crippen LogP contribution < -0.4 is 5.32 Å². The molecule has 20 heavy (non-hydrogen) atoms. The van der Waals surface area contributed by atoms with Crippen molar-refractivity contribution in [2.75, 3.05) is 26.9 Å². The van der Waals surface area contributed by atoms with Crippen LogP contribution in [0, 0.1) is 0 Å². The third-order valence-corrected chi connectivity index (χ3v) is 3.74. The molecule has 1 saturated carbocycles. The molecule has 0 aromatic carbocycles. The Balaban J connectivity index is 2.45. The van der Waals surface area contributed by atoms with Crippen molar-refractivity contribution in [3.63, 3.8) is 0 Å². The van der Waals surface area contributed by atoms with Crippen LogP contribution in [0.3, 0.4) is 0 Å². The Hall–Kier alpha value is -0.650.